The Hall–Kier alpha value is -6.56. The third-order valence-corrected chi connectivity index (χ3v) is 17.8. The van der Waals surface area contributed by atoms with Crippen LogP contribution in [0.25, 0.3) is 20.2 Å². The third-order valence-electron chi connectivity index (χ3n) is 16.7. The largest absolute Gasteiger partial charge is 0.311 e. The number of nitrogens with zero attached hydrogens (tertiary/aromatic N) is 3. The zero-order chi connectivity index (χ0) is 47.4. The van der Waals surface area contributed by atoms with E-state index in [1.165, 1.54) is 111 Å². The normalized spacial score (nSPS) is 17.6. The second-order valence-corrected chi connectivity index (χ2v) is 24.3. The first kappa shape index (κ1) is 42.5. The maximum absolute atomic E-state index is 2.68. The molecule has 2 aliphatic heterocycles. The minimum absolute atomic E-state index is 0.00919. The molecular weight excluding hydrogens is 854 g/mol. The fourth-order valence-electron chi connectivity index (χ4n) is 13.4. The Morgan fingerprint density at radius 1 is 0.435 bits per heavy atom. The maximum Gasteiger partial charge on any atom is 0.252 e. The number of thiophene rings is 1. The molecule has 9 aromatic rings. The van der Waals surface area contributed by atoms with Gasteiger partial charge in [-0.05, 0) is 177 Å². The summed E-state index contributed by atoms with van der Waals surface area (Å²) < 4.78 is 2.63. The molecule has 0 atom stereocenters. The van der Waals surface area contributed by atoms with Crippen molar-refractivity contribution in [1.29, 1.82) is 0 Å². The first-order valence-electron chi connectivity index (χ1n) is 25.1. The fourth-order valence-corrected chi connectivity index (χ4v) is 14.6. The summed E-state index contributed by atoms with van der Waals surface area (Å²) in [4.78, 5) is 7.70. The summed E-state index contributed by atoms with van der Waals surface area (Å²) in [5.74, 6) is 0. The van der Waals surface area contributed by atoms with E-state index < -0.39 is 0 Å². The second kappa shape index (κ2) is 14.7. The van der Waals surface area contributed by atoms with E-state index in [9.17, 15) is 0 Å². The molecule has 0 saturated carbocycles. The van der Waals surface area contributed by atoms with E-state index in [2.05, 4.69) is 241 Å². The van der Waals surface area contributed by atoms with Gasteiger partial charge < -0.3 is 14.7 Å². The molecule has 340 valence electrons. The average Bonchev–Trinajstić information content (AvgIpc) is 3.79. The highest BCUT2D eigenvalue weighted by Crippen LogP contribution is 2.54. The number of rotatable bonds is 5. The van der Waals surface area contributed by atoms with Gasteiger partial charge in [-0.1, -0.05) is 134 Å². The van der Waals surface area contributed by atoms with Gasteiger partial charge in [-0.3, -0.25) is 0 Å². The first-order valence-corrected chi connectivity index (χ1v) is 25.9. The Labute approximate surface area is 413 Å². The molecule has 2 aliphatic carbocycles. The van der Waals surface area contributed by atoms with Gasteiger partial charge in [-0.15, -0.1) is 11.3 Å². The number of fused-ring (bicyclic) bond motifs is 9. The molecule has 4 aliphatic rings. The molecule has 0 saturated heterocycles. The van der Waals surface area contributed by atoms with Crippen LogP contribution in [0.3, 0.4) is 0 Å². The van der Waals surface area contributed by atoms with Gasteiger partial charge in [0.2, 0.25) is 0 Å². The van der Waals surface area contributed by atoms with Crippen LogP contribution >= 0.6 is 11.3 Å². The van der Waals surface area contributed by atoms with Crippen molar-refractivity contribution >= 4 is 106 Å². The summed E-state index contributed by atoms with van der Waals surface area (Å²) in [5, 5.41) is 2.63. The first-order chi connectivity index (χ1) is 33.1. The van der Waals surface area contributed by atoms with Crippen molar-refractivity contribution in [2.24, 2.45) is 0 Å². The van der Waals surface area contributed by atoms with E-state index in [1.54, 1.807) is 0 Å². The van der Waals surface area contributed by atoms with Gasteiger partial charge in [0.1, 0.15) is 0 Å². The average molecular weight is 914 g/mol. The van der Waals surface area contributed by atoms with Crippen molar-refractivity contribution in [3.05, 3.63) is 192 Å². The maximum atomic E-state index is 2.68. The van der Waals surface area contributed by atoms with Crippen molar-refractivity contribution in [3.63, 3.8) is 0 Å². The lowest BCUT2D eigenvalue weighted by atomic mass is 9.33. The lowest BCUT2D eigenvalue weighted by Gasteiger charge is -2.46. The zero-order valence-corrected chi connectivity index (χ0v) is 42.4. The van der Waals surface area contributed by atoms with Gasteiger partial charge in [-0.2, -0.15) is 0 Å². The van der Waals surface area contributed by atoms with Crippen molar-refractivity contribution in [2.75, 3.05) is 14.7 Å². The van der Waals surface area contributed by atoms with E-state index >= 15 is 0 Å². The van der Waals surface area contributed by atoms with E-state index in [0.717, 1.165) is 23.5 Å². The number of hydrogen-bond donors (Lipinski definition) is 0. The van der Waals surface area contributed by atoms with E-state index in [4.69, 9.17) is 0 Å². The van der Waals surface area contributed by atoms with Crippen LogP contribution in [0.5, 0.6) is 0 Å². The van der Waals surface area contributed by atoms with Crippen molar-refractivity contribution in [2.45, 2.75) is 103 Å². The molecule has 0 bridgehead atoms. The van der Waals surface area contributed by atoms with Crippen LogP contribution in [0.4, 0.5) is 51.2 Å². The topological polar surface area (TPSA) is 9.72 Å². The number of aryl methyl sites for hydroxylation is 1. The summed E-state index contributed by atoms with van der Waals surface area (Å²) in [6.45, 7) is 22.0. The van der Waals surface area contributed by atoms with Gasteiger partial charge in [0.05, 0.1) is 0 Å². The zero-order valence-electron chi connectivity index (χ0n) is 41.5. The molecule has 0 N–H and O–H groups in total. The third kappa shape index (κ3) is 6.38. The highest BCUT2D eigenvalue weighted by atomic mass is 32.1. The Morgan fingerprint density at radius 2 is 0.986 bits per heavy atom. The summed E-state index contributed by atoms with van der Waals surface area (Å²) in [6.07, 6.45) is 3.49. The van der Waals surface area contributed by atoms with E-state index in [1.807, 2.05) is 11.3 Å². The predicted molar refractivity (Wildman–Crippen MR) is 299 cm³/mol. The van der Waals surface area contributed by atoms with Crippen LogP contribution in [0.15, 0.2) is 164 Å². The molecule has 0 fully saturated rings. The molecule has 1 aromatic heterocycles. The Kier molecular flexibility index (Phi) is 9.08. The standard InChI is InChI=1S/C64H60BN3S/c1-40-32-56-60-57(33-40)68(45-24-27-47-46-22-16-17-23-58(46)69-59(47)36-45)54-35-44(66(41-18-12-10-13-19-41)42-20-14-11-15-21-42)26-29-52(54)65(60)53-37-50-51(64(8,9)39-63(50,6)7)38-55(53)67(56)43-25-28-48-49(34-43)62(4,5)31-30-61(48,2)3/h10-29,32-38H,30-31,39H2,1-9H3. The minimum atomic E-state index is 0.00919. The van der Waals surface area contributed by atoms with Crippen molar-refractivity contribution in [1.82, 2.24) is 0 Å². The molecule has 8 aromatic carbocycles. The van der Waals surface area contributed by atoms with Gasteiger partial charge in [0.25, 0.3) is 6.71 Å². The smallest absolute Gasteiger partial charge is 0.252 e. The molecule has 0 amide bonds. The predicted octanol–water partition coefficient (Wildman–Crippen LogP) is 16.2. The van der Waals surface area contributed by atoms with Crippen LogP contribution in [0.1, 0.15) is 102 Å². The monoisotopic (exact) mass is 913 g/mol. The minimum Gasteiger partial charge on any atom is -0.311 e. The van der Waals surface area contributed by atoms with Crippen LogP contribution in [0.2, 0.25) is 0 Å². The molecule has 5 heteroatoms. The number of hydrogen-bond acceptors (Lipinski definition) is 4. The van der Waals surface area contributed by atoms with E-state index in [-0.39, 0.29) is 28.4 Å². The molecule has 0 spiro atoms. The van der Waals surface area contributed by atoms with Crippen LogP contribution in [0, 0.1) is 6.92 Å². The summed E-state index contributed by atoms with van der Waals surface area (Å²) >= 11 is 1.89. The SMILES string of the molecule is Cc1cc2c3c(c1)N(c1ccc4c(c1)C(C)(C)CCC4(C)C)c1cc4c(cc1B3c1ccc(N(c3ccccc3)c3ccccc3)cc1N2c1ccc2c(c1)sc1ccccc12)C(C)(C)CC4(C)C. The van der Waals surface area contributed by atoms with E-state index in [0.29, 0.717) is 0 Å². The Bertz CT molecular complexity index is 3540. The molecule has 69 heavy (non-hydrogen) atoms. The van der Waals surface area contributed by atoms with Gasteiger partial charge >= 0.3 is 0 Å². The van der Waals surface area contributed by atoms with Gasteiger partial charge in [0.15, 0.2) is 0 Å². The Morgan fingerprint density at radius 3 is 1.67 bits per heavy atom. The molecule has 3 nitrogen and oxygen atoms in total. The number of benzene rings is 8. The molecule has 3 heterocycles. The van der Waals surface area contributed by atoms with Gasteiger partial charge in [0, 0.05) is 71.4 Å². The molecule has 13 rings (SSSR count). The summed E-state index contributed by atoms with van der Waals surface area (Å²) in [6, 6.07) is 62.9. The second-order valence-electron chi connectivity index (χ2n) is 23.2. The molecule has 0 radical (unpaired) electrons. The summed E-state index contributed by atoms with van der Waals surface area (Å²) in [7, 11) is 0. The lowest BCUT2D eigenvalue weighted by molar-refractivity contribution is 0.332. The quantitative estimate of drug-likeness (QED) is 0.159. The molecule has 0 unspecified atom stereocenters. The van der Waals surface area contributed by atoms with Crippen LogP contribution in [-0.4, -0.2) is 6.71 Å². The summed E-state index contributed by atoms with van der Waals surface area (Å²) in [5.41, 5.74) is 22.5. The van der Waals surface area contributed by atoms with Gasteiger partial charge in [-0.25, -0.2) is 0 Å². The fraction of sp³-hybridized carbons (Fsp3) is 0.250. The number of para-hydroxylation sites is 2. The Balaban J connectivity index is 1.12. The lowest BCUT2D eigenvalue weighted by Crippen LogP contribution is -2.61. The van der Waals surface area contributed by atoms with Crippen LogP contribution in [-0.2, 0) is 21.7 Å². The molecular formula is C64H60BN3S. The van der Waals surface area contributed by atoms with Crippen molar-refractivity contribution in [3.8, 4) is 0 Å². The van der Waals surface area contributed by atoms with Crippen molar-refractivity contribution < 1.29 is 0 Å². The highest BCUT2D eigenvalue weighted by molar-refractivity contribution is 7.25. The van der Waals surface area contributed by atoms with Crippen LogP contribution < -0.4 is 31.1 Å². The highest BCUT2D eigenvalue weighted by Gasteiger charge is 2.49. The number of anilines is 9.